The number of rotatable bonds is 0. The van der Waals surface area contributed by atoms with Gasteiger partial charge in [0.1, 0.15) is 0 Å². The molecule has 0 aliphatic heterocycles. The molecular formula is C2HNO2. The lowest BCUT2D eigenvalue weighted by Crippen LogP contribution is -1.49. The molecule has 0 saturated carbocycles. The Kier molecular flexibility index (Phi) is 2.34. The average Bonchev–Trinajstić information content (AvgIpc) is 1.41. The molecule has 3 nitrogen and oxygen atoms in total. The van der Waals surface area contributed by atoms with Gasteiger partial charge in [0.2, 0.25) is 0 Å². The normalized spacial score (nSPS) is 4.00. The molecule has 3 heteroatoms. The van der Waals surface area contributed by atoms with E-state index in [9.17, 15) is 0 Å². The van der Waals surface area contributed by atoms with Crippen LogP contribution in [0.5, 0.6) is 0 Å². The van der Waals surface area contributed by atoms with Gasteiger partial charge in [-0.3, -0.25) is 4.79 Å². The Bertz CT molecular complexity index is 77.4. The van der Waals surface area contributed by atoms with Crippen LogP contribution in [-0.2, 0) is 4.79 Å². The third kappa shape index (κ3) is 2.96. The van der Waals surface area contributed by atoms with Gasteiger partial charge in [-0.05, 0) is 0 Å². The summed E-state index contributed by atoms with van der Waals surface area (Å²) in [6.45, 7) is 0. The highest BCUT2D eigenvalue weighted by atomic mass is 16.4. The second-order valence-corrected chi connectivity index (χ2v) is 0.338. The Morgan fingerprint density at radius 3 is 2.60 bits per heavy atom. The lowest BCUT2D eigenvalue weighted by atomic mass is 10.9. The summed E-state index contributed by atoms with van der Waals surface area (Å²) >= 11 is 0. The molecule has 0 heterocycles. The zero-order valence-electron chi connectivity index (χ0n) is 2.34. The van der Waals surface area contributed by atoms with E-state index in [-0.39, 0.29) is 6.29 Å². The van der Waals surface area contributed by atoms with Crippen molar-refractivity contribution in [2.45, 2.75) is 0 Å². The van der Waals surface area contributed by atoms with E-state index in [1.54, 1.807) is 0 Å². The number of carbonyl (C=O) groups is 1. The fourth-order valence-electron chi connectivity index (χ4n) is 0.0215. The third-order valence-corrected chi connectivity index (χ3v) is 0.105. The van der Waals surface area contributed by atoms with Gasteiger partial charge in [-0.25, -0.2) is 0 Å². The first-order valence-electron chi connectivity index (χ1n) is 0.931. The maximum atomic E-state index is 9.00. The Morgan fingerprint density at radius 1 is 2.00 bits per heavy atom. The van der Waals surface area contributed by atoms with E-state index in [4.69, 9.17) is 10.0 Å². The SMILES string of the molecule is O=CC#[N+][O-]. The monoisotopic (exact) mass is 71.0 g/mol. The molecule has 0 saturated heterocycles. The van der Waals surface area contributed by atoms with Crippen LogP contribution in [0.4, 0.5) is 0 Å². The molecule has 0 atom stereocenters. The summed E-state index contributed by atoms with van der Waals surface area (Å²) in [5.74, 6) is 0. The molecule has 0 rings (SSSR count). The smallest absolute Gasteiger partial charge is 0.372 e. The van der Waals surface area contributed by atoms with Gasteiger partial charge < -0.3 is 5.21 Å². The maximum absolute atomic E-state index is 9.00. The van der Waals surface area contributed by atoms with E-state index in [1.165, 1.54) is 6.07 Å². The van der Waals surface area contributed by atoms with E-state index >= 15 is 0 Å². The van der Waals surface area contributed by atoms with Gasteiger partial charge in [0, 0.05) is 5.01 Å². The molecule has 0 aromatic rings. The summed E-state index contributed by atoms with van der Waals surface area (Å²) in [4.78, 5) is 9.00. The van der Waals surface area contributed by atoms with Crippen LogP contribution in [0, 0.1) is 11.3 Å². The largest absolute Gasteiger partial charge is 0.498 e. The van der Waals surface area contributed by atoms with E-state index in [1.807, 2.05) is 5.01 Å². The second kappa shape index (κ2) is 2.96. The van der Waals surface area contributed by atoms with Gasteiger partial charge in [0.25, 0.3) is 6.29 Å². The van der Waals surface area contributed by atoms with E-state index in [0.29, 0.717) is 0 Å². The van der Waals surface area contributed by atoms with E-state index in [2.05, 4.69) is 0 Å². The minimum absolute atomic E-state index is 0.201. The zero-order chi connectivity index (χ0) is 4.12. The number of nitrogens with zero attached hydrogens (tertiary/aromatic N) is 1. The Balaban J connectivity index is 3.16. The number of aldehydes is 1. The molecule has 0 aliphatic rings. The highest BCUT2D eigenvalue weighted by Gasteiger charge is 1.61. The van der Waals surface area contributed by atoms with Gasteiger partial charge in [-0.15, -0.1) is 0 Å². The van der Waals surface area contributed by atoms with Crippen molar-refractivity contribution in [1.29, 1.82) is 0 Å². The lowest BCUT2D eigenvalue weighted by Gasteiger charge is -1.42. The van der Waals surface area contributed by atoms with Crippen LogP contribution in [0.3, 0.4) is 0 Å². The Morgan fingerprint density at radius 2 is 2.60 bits per heavy atom. The van der Waals surface area contributed by atoms with E-state index in [0.717, 1.165) is 0 Å². The first-order valence-corrected chi connectivity index (χ1v) is 0.931. The minimum atomic E-state index is 0.201. The van der Waals surface area contributed by atoms with Crippen molar-refractivity contribution < 1.29 is 4.79 Å². The molecule has 0 spiro atoms. The predicted molar refractivity (Wildman–Crippen MR) is 16.7 cm³/mol. The van der Waals surface area contributed by atoms with Crippen LogP contribution in [0.25, 0.3) is 5.01 Å². The van der Waals surface area contributed by atoms with Crippen LogP contribution in [0.15, 0.2) is 0 Å². The average molecular weight is 71.0 g/mol. The van der Waals surface area contributed by atoms with Crippen LogP contribution < -0.4 is 0 Å². The lowest BCUT2D eigenvalue weighted by molar-refractivity contribution is -0.103. The summed E-state index contributed by atoms with van der Waals surface area (Å²) < 4.78 is 0. The van der Waals surface area contributed by atoms with Gasteiger partial charge in [-0.1, -0.05) is 0 Å². The number of carbonyl (C=O) groups excluding carboxylic acids is 1. The Hall–Kier alpha value is -1.04. The summed E-state index contributed by atoms with van der Waals surface area (Å²) in [6, 6.07) is 1.50. The highest BCUT2D eigenvalue weighted by Crippen LogP contribution is 1.45. The molecule has 0 aromatic heterocycles. The van der Waals surface area contributed by atoms with Gasteiger partial charge in [-0.2, -0.15) is 0 Å². The van der Waals surface area contributed by atoms with Crippen LogP contribution >= 0.6 is 0 Å². The molecular weight excluding hydrogens is 70.0 g/mol. The number of hydrogen-bond donors (Lipinski definition) is 0. The van der Waals surface area contributed by atoms with Gasteiger partial charge in [0.05, 0.1) is 0 Å². The van der Waals surface area contributed by atoms with Crippen LogP contribution in [0.2, 0.25) is 0 Å². The summed E-state index contributed by atoms with van der Waals surface area (Å²) in [7, 11) is 0. The molecule has 0 aliphatic carbocycles. The highest BCUT2D eigenvalue weighted by molar-refractivity contribution is 5.70. The molecule has 0 bridgehead atoms. The third-order valence-electron chi connectivity index (χ3n) is 0.105. The summed E-state index contributed by atoms with van der Waals surface area (Å²) in [6.07, 6.45) is 0.201. The van der Waals surface area contributed by atoms with E-state index < -0.39 is 0 Å². The van der Waals surface area contributed by atoms with Gasteiger partial charge >= 0.3 is 6.07 Å². The first kappa shape index (κ1) is 3.96. The zero-order valence-corrected chi connectivity index (χ0v) is 2.34. The van der Waals surface area contributed by atoms with Crippen molar-refractivity contribution in [1.82, 2.24) is 0 Å². The first-order chi connectivity index (χ1) is 2.41. The topological polar surface area (TPSA) is 44.5 Å². The van der Waals surface area contributed by atoms with Crippen LogP contribution in [-0.4, -0.2) is 6.29 Å². The molecule has 0 radical (unpaired) electrons. The minimum Gasteiger partial charge on any atom is -0.498 e. The quantitative estimate of drug-likeness (QED) is 0.229. The second-order valence-electron chi connectivity index (χ2n) is 0.338. The maximum Gasteiger partial charge on any atom is 0.372 e. The van der Waals surface area contributed by atoms with Crippen molar-refractivity contribution in [3.05, 3.63) is 10.2 Å². The van der Waals surface area contributed by atoms with Crippen molar-refractivity contribution in [2.75, 3.05) is 0 Å². The van der Waals surface area contributed by atoms with Crippen molar-refractivity contribution in [3.63, 3.8) is 0 Å². The number of hydrogen-bond acceptors (Lipinski definition) is 2. The molecule has 0 N–H and O–H groups in total. The molecule has 0 aromatic carbocycles. The standard InChI is InChI=1S/C2HNO2/c4-2-1-3-5/h2H. The summed E-state index contributed by atoms with van der Waals surface area (Å²) in [5.41, 5.74) is 0. The van der Waals surface area contributed by atoms with Gasteiger partial charge in [0.15, 0.2) is 0 Å². The van der Waals surface area contributed by atoms with Crippen molar-refractivity contribution in [3.8, 4) is 6.07 Å². The van der Waals surface area contributed by atoms with Crippen LogP contribution in [0.1, 0.15) is 0 Å². The fourth-order valence-corrected chi connectivity index (χ4v) is 0.0215. The van der Waals surface area contributed by atoms with Crippen molar-refractivity contribution >= 4 is 6.29 Å². The molecule has 0 amide bonds. The molecule has 0 unspecified atom stereocenters. The molecule has 26 valence electrons. The van der Waals surface area contributed by atoms with Crippen molar-refractivity contribution in [2.24, 2.45) is 0 Å². The predicted octanol–water partition coefficient (Wildman–Crippen LogP) is 0.0160. The fraction of sp³-hybridized carbons (Fsp3) is 0. The molecule has 5 heavy (non-hydrogen) atoms. The summed E-state index contributed by atoms with van der Waals surface area (Å²) in [5, 5.41) is 10.8. The molecule has 0 fully saturated rings. The Labute approximate surface area is 28.6 Å².